The number of rotatable bonds is 63. The van der Waals surface area contributed by atoms with E-state index in [-0.39, 0.29) is 18.9 Å². The molecule has 0 aromatic rings. The Labute approximate surface area is 601 Å². The molecule has 0 spiro atoms. The molecule has 0 saturated carbocycles. The number of carbonyl (C=O) groups excluding carboxylic acids is 2. The molecule has 23 nitrogen and oxygen atoms in total. The van der Waals surface area contributed by atoms with Crippen LogP contribution in [0.5, 0.6) is 0 Å². The molecule has 0 aromatic carbocycles. The molecule has 2 amide bonds. The number of carboxylic acids is 1. The molecule has 14 N–H and O–H groups in total. The van der Waals surface area contributed by atoms with Crippen LogP contribution in [0.15, 0.2) is 12.2 Å². The Bertz CT molecular complexity index is 2050. The van der Waals surface area contributed by atoms with Crippen molar-refractivity contribution >= 4 is 17.8 Å². The number of amides is 2. The molecule has 3 heterocycles. The van der Waals surface area contributed by atoms with Crippen molar-refractivity contribution in [3.63, 3.8) is 0 Å². The zero-order valence-electron chi connectivity index (χ0n) is 62.1. The minimum atomic E-state index is -3.08. The summed E-state index contributed by atoms with van der Waals surface area (Å²) < 4.78 is 34.8. The lowest BCUT2D eigenvalue weighted by molar-refractivity contribution is -0.386. The highest BCUT2D eigenvalue weighted by Gasteiger charge is 2.60. The van der Waals surface area contributed by atoms with E-state index in [2.05, 4.69) is 36.6 Å². The van der Waals surface area contributed by atoms with Gasteiger partial charge < -0.3 is 100 Å². The van der Waals surface area contributed by atoms with Crippen LogP contribution in [-0.4, -0.2) is 215 Å². The first-order valence-corrected chi connectivity index (χ1v) is 40.0. The Hall–Kier alpha value is -2.53. The molecule has 3 rings (SSSR count). The van der Waals surface area contributed by atoms with Gasteiger partial charge in [-0.2, -0.15) is 0 Å². The number of aliphatic carboxylic acids is 1. The molecule has 23 heteroatoms. The Balaban J connectivity index is 1.37. The zero-order valence-corrected chi connectivity index (χ0v) is 62.1. The highest BCUT2D eigenvalue weighted by atomic mass is 16.8. The van der Waals surface area contributed by atoms with Crippen molar-refractivity contribution in [2.24, 2.45) is 0 Å². The fourth-order valence-electron chi connectivity index (χ4n) is 14.1. The van der Waals surface area contributed by atoms with Crippen LogP contribution < -0.4 is 10.6 Å². The largest absolute Gasteiger partial charge is 0.477 e. The van der Waals surface area contributed by atoms with Gasteiger partial charge in [-0.1, -0.05) is 276 Å². The van der Waals surface area contributed by atoms with E-state index in [1.165, 1.54) is 218 Å². The summed E-state index contributed by atoms with van der Waals surface area (Å²) in [5, 5.41) is 136. The number of aliphatic hydroxyl groups is 11. The van der Waals surface area contributed by atoms with Crippen molar-refractivity contribution in [1.29, 1.82) is 0 Å². The van der Waals surface area contributed by atoms with Crippen molar-refractivity contribution in [3.8, 4) is 0 Å². The number of carboxylic acid groups (broad SMARTS) is 1. The predicted octanol–water partition coefficient (Wildman–Crippen LogP) is 10.2. The van der Waals surface area contributed by atoms with Crippen LogP contribution in [0, 0.1) is 0 Å². The lowest BCUT2D eigenvalue weighted by Crippen LogP contribution is -2.70. The topological polar surface area (TPSA) is 373 Å². The van der Waals surface area contributed by atoms with Gasteiger partial charge in [-0.3, -0.25) is 9.59 Å². The maximum absolute atomic E-state index is 13.5. The van der Waals surface area contributed by atoms with E-state index in [0.717, 1.165) is 58.3 Å². The molecule has 100 heavy (non-hydrogen) atoms. The Morgan fingerprint density at radius 2 is 0.930 bits per heavy atom. The highest BCUT2D eigenvalue weighted by molar-refractivity contribution is 5.77. The van der Waals surface area contributed by atoms with Crippen LogP contribution in [0.2, 0.25) is 0 Å². The smallest absolute Gasteiger partial charge is 0.364 e. The summed E-state index contributed by atoms with van der Waals surface area (Å²) in [5.41, 5.74) is 0. The van der Waals surface area contributed by atoms with Gasteiger partial charge in [0.15, 0.2) is 12.6 Å². The third kappa shape index (κ3) is 37.1. The fourth-order valence-corrected chi connectivity index (χ4v) is 14.1. The molecular weight excluding hydrogens is 1290 g/mol. The first-order valence-electron chi connectivity index (χ1n) is 40.0. The molecule has 3 aliphatic heterocycles. The maximum Gasteiger partial charge on any atom is 0.364 e. The molecule has 3 aliphatic rings. The summed E-state index contributed by atoms with van der Waals surface area (Å²) >= 11 is 0. The third-order valence-corrected chi connectivity index (χ3v) is 20.5. The molecule has 18 unspecified atom stereocenters. The second-order valence-corrected chi connectivity index (χ2v) is 29.3. The molecule has 588 valence electrons. The van der Waals surface area contributed by atoms with Gasteiger partial charge in [0.1, 0.15) is 67.1 Å². The van der Waals surface area contributed by atoms with Crippen molar-refractivity contribution < 1.29 is 104 Å². The van der Waals surface area contributed by atoms with Crippen LogP contribution in [0.4, 0.5) is 0 Å². The summed E-state index contributed by atoms with van der Waals surface area (Å²) in [6.07, 6.45) is 31.5. The number of hydrogen-bond acceptors (Lipinski definition) is 20. The van der Waals surface area contributed by atoms with Crippen molar-refractivity contribution in [3.05, 3.63) is 12.2 Å². The van der Waals surface area contributed by atoms with Gasteiger partial charge in [0.2, 0.25) is 11.8 Å². The minimum absolute atomic E-state index is 0.226. The molecule has 18 atom stereocenters. The second-order valence-electron chi connectivity index (χ2n) is 29.3. The molecule has 0 radical (unpaired) electrons. The number of aliphatic hydroxyl groups excluding tert-OH is 11. The number of allylic oxidation sites excluding steroid dienone is 2. The van der Waals surface area contributed by atoms with E-state index in [9.17, 15) is 75.7 Å². The normalized spacial score (nSPS) is 27.0. The summed E-state index contributed by atoms with van der Waals surface area (Å²) in [6, 6.07) is -2.53. The Kier molecular flexibility index (Phi) is 52.0. The van der Waals surface area contributed by atoms with Crippen LogP contribution in [0.3, 0.4) is 0 Å². The SMILES string of the molecule is CCCCCCCCCCCCCCCCCC/C=C\CCCCCCCCCCCCCCCCCCCC(=O)NC(COC1OC(CO)C(OC2OC(CO)C(O)C(OC3(C(=O)O)CC(O)C(NC(C)=O)C(C(O)C(O)CO)O3)C2O)C(O)C1O)C(O)CCCCCCCCCCC. The van der Waals surface area contributed by atoms with E-state index < -0.39 is 148 Å². The number of nitrogens with one attached hydrogen (secondary N) is 2. The summed E-state index contributed by atoms with van der Waals surface area (Å²) in [5.74, 6) is -6.10. The van der Waals surface area contributed by atoms with E-state index in [4.69, 9.17) is 28.4 Å². The monoisotopic (exact) mass is 1430 g/mol. The Morgan fingerprint density at radius 3 is 1.35 bits per heavy atom. The molecule has 3 fully saturated rings. The standard InChI is InChI=1S/C77H144N2O21/c1-4-6-8-10-12-14-15-16-17-18-19-20-21-22-23-24-25-26-27-28-29-30-31-32-33-34-35-36-37-38-39-40-41-43-45-47-49-51-64(87)79-58(59(84)50-48-46-44-42-13-11-9-7-5-2)56-95-74-69(91)68(90)71(63(55-82)97-74)98-75-70(92)73(67(89)62(54-81)96-75)100-77(76(93)94)52-60(85)65(78-57(3)83)72(99-77)66(88)61(86)53-80/h26-27,58-63,65-75,80-82,84-86,88-92H,4-25,28-56H2,1-3H3,(H,78,83)(H,79,87)(H,93,94)/b27-26-. The van der Waals surface area contributed by atoms with Crippen LogP contribution in [0.25, 0.3) is 0 Å². The van der Waals surface area contributed by atoms with E-state index >= 15 is 0 Å². The number of hydrogen-bond donors (Lipinski definition) is 14. The van der Waals surface area contributed by atoms with Gasteiger partial charge in [0, 0.05) is 19.8 Å². The lowest BCUT2D eigenvalue weighted by Gasteiger charge is -2.50. The zero-order chi connectivity index (χ0) is 73.2. The molecule has 0 bridgehead atoms. The Morgan fingerprint density at radius 1 is 0.510 bits per heavy atom. The average Bonchev–Trinajstić information content (AvgIpc) is 0.756. The number of unbranched alkanes of at least 4 members (excludes halogenated alkanes) is 41. The summed E-state index contributed by atoms with van der Waals surface area (Å²) in [7, 11) is 0. The molecule has 0 aliphatic carbocycles. The minimum Gasteiger partial charge on any atom is -0.477 e. The first kappa shape index (κ1) is 91.7. The average molecular weight is 1430 g/mol. The van der Waals surface area contributed by atoms with Crippen LogP contribution >= 0.6 is 0 Å². The second kappa shape index (κ2) is 56.8. The number of ether oxygens (including phenoxy) is 6. The molecule has 0 aromatic heterocycles. The van der Waals surface area contributed by atoms with Gasteiger partial charge in [0.25, 0.3) is 5.79 Å². The summed E-state index contributed by atoms with van der Waals surface area (Å²) in [6.45, 7) is 2.19. The van der Waals surface area contributed by atoms with Gasteiger partial charge in [0.05, 0.1) is 50.7 Å². The fraction of sp³-hybridized carbons (Fsp3) is 0.935. The van der Waals surface area contributed by atoms with Crippen molar-refractivity contribution in [1.82, 2.24) is 10.6 Å². The van der Waals surface area contributed by atoms with Gasteiger partial charge in [-0.15, -0.1) is 0 Å². The van der Waals surface area contributed by atoms with Crippen LogP contribution in [-0.2, 0) is 42.8 Å². The van der Waals surface area contributed by atoms with E-state index in [0.29, 0.717) is 19.3 Å². The number of carbonyl (C=O) groups is 3. The van der Waals surface area contributed by atoms with Crippen molar-refractivity contribution in [2.75, 3.05) is 26.4 Å². The maximum atomic E-state index is 13.5. The summed E-state index contributed by atoms with van der Waals surface area (Å²) in [4.78, 5) is 38.6. The van der Waals surface area contributed by atoms with E-state index in [1.807, 2.05) is 0 Å². The molecule has 3 saturated heterocycles. The van der Waals surface area contributed by atoms with Gasteiger partial charge >= 0.3 is 5.97 Å². The lowest BCUT2D eigenvalue weighted by atomic mass is 9.88. The van der Waals surface area contributed by atoms with Gasteiger partial charge in [-0.05, 0) is 38.5 Å². The third-order valence-electron chi connectivity index (χ3n) is 20.5. The highest BCUT2D eigenvalue weighted by Crippen LogP contribution is 2.39. The first-order chi connectivity index (χ1) is 48.4. The predicted molar refractivity (Wildman–Crippen MR) is 385 cm³/mol. The van der Waals surface area contributed by atoms with E-state index in [1.54, 1.807) is 0 Å². The van der Waals surface area contributed by atoms with Crippen molar-refractivity contribution in [2.45, 2.75) is 432 Å². The van der Waals surface area contributed by atoms with Crippen LogP contribution in [0.1, 0.15) is 323 Å². The molecular formula is C77H144N2O21. The van der Waals surface area contributed by atoms with Gasteiger partial charge in [-0.25, -0.2) is 4.79 Å². The quantitative estimate of drug-likeness (QED) is 0.0199.